The van der Waals surface area contributed by atoms with Crippen LogP contribution in [0.5, 0.6) is 0 Å². The van der Waals surface area contributed by atoms with Crippen LogP contribution < -0.4 is 0 Å². The van der Waals surface area contributed by atoms with Crippen molar-refractivity contribution in [3.63, 3.8) is 0 Å². The van der Waals surface area contributed by atoms with Crippen molar-refractivity contribution >= 4 is 10.8 Å². The third-order valence-corrected chi connectivity index (χ3v) is 2.93. The Kier molecular flexibility index (Phi) is 2.45. The fourth-order valence-corrected chi connectivity index (χ4v) is 1.90. The van der Waals surface area contributed by atoms with Gasteiger partial charge < -0.3 is 0 Å². The van der Waals surface area contributed by atoms with Crippen molar-refractivity contribution in [1.29, 1.82) is 0 Å². The largest absolute Gasteiger partial charge is 0.255 e. The Balaban J connectivity index is 3.27. The van der Waals surface area contributed by atoms with Gasteiger partial charge in [-0.2, -0.15) is 0 Å². The fourth-order valence-electron chi connectivity index (χ4n) is 1.04. The van der Waals surface area contributed by atoms with Crippen molar-refractivity contribution in [2.45, 2.75) is 18.7 Å². The zero-order valence-electron chi connectivity index (χ0n) is 7.05. The van der Waals surface area contributed by atoms with E-state index >= 15 is 0 Å². The van der Waals surface area contributed by atoms with E-state index in [0.717, 1.165) is 10.5 Å². The first kappa shape index (κ1) is 8.47. The average Bonchev–Trinajstić information content (AvgIpc) is 1.94. The van der Waals surface area contributed by atoms with Crippen molar-refractivity contribution in [2.75, 3.05) is 6.26 Å². The van der Waals surface area contributed by atoms with Gasteiger partial charge in [0.2, 0.25) is 0 Å². The fraction of sp³-hybridized carbons (Fsp3) is 0.333. The molecule has 0 spiro atoms. The molecular formula is C9H12OS. The van der Waals surface area contributed by atoms with Crippen LogP contribution in [0.25, 0.3) is 0 Å². The Bertz CT molecular complexity index is 292. The predicted octanol–water partition coefficient (Wildman–Crippen LogP) is 2.04. The van der Waals surface area contributed by atoms with Gasteiger partial charge in [-0.25, -0.2) is 0 Å². The van der Waals surface area contributed by atoms with E-state index in [1.54, 1.807) is 6.26 Å². The summed E-state index contributed by atoms with van der Waals surface area (Å²) in [4.78, 5) is 0.949. The summed E-state index contributed by atoms with van der Waals surface area (Å²) < 4.78 is 11.1. The maximum atomic E-state index is 11.1. The van der Waals surface area contributed by atoms with Crippen LogP contribution in [0.2, 0.25) is 0 Å². The molecule has 0 saturated heterocycles. The van der Waals surface area contributed by atoms with Crippen molar-refractivity contribution in [3.8, 4) is 0 Å². The molecule has 1 atom stereocenters. The molecular weight excluding hydrogens is 156 g/mol. The minimum Gasteiger partial charge on any atom is -0.255 e. The summed E-state index contributed by atoms with van der Waals surface area (Å²) in [5, 5.41) is 0. The van der Waals surface area contributed by atoms with E-state index in [9.17, 15) is 4.21 Å². The van der Waals surface area contributed by atoms with Crippen molar-refractivity contribution < 1.29 is 4.21 Å². The predicted molar refractivity (Wildman–Crippen MR) is 48.2 cm³/mol. The lowest BCUT2D eigenvalue weighted by atomic mass is 10.1. The molecule has 60 valence electrons. The second-order valence-corrected chi connectivity index (χ2v) is 4.00. The number of aryl methyl sites for hydroxylation is 1. The van der Waals surface area contributed by atoms with E-state index in [2.05, 4.69) is 0 Å². The summed E-state index contributed by atoms with van der Waals surface area (Å²) in [5.74, 6) is 0. The Labute approximate surface area is 69.9 Å². The minimum atomic E-state index is -0.851. The number of benzene rings is 1. The third-order valence-electron chi connectivity index (χ3n) is 1.86. The Morgan fingerprint density at radius 3 is 2.36 bits per heavy atom. The molecule has 0 aliphatic carbocycles. The van der Waals surface area contributed by atoms with Gasteiger partial charge in [-0.3, -0.25) is 4.21 Å². The van der Waals surface area contributed by atoms with Crippen molar-refractivity contribution in [1.82, 2.24) is 0 Å². The summed E-state index contributed by atoms with van der Waals surface area (Å²) in [5.41, 5.74) is 2.35. The highest BCUT2D eigenvalue weighted by Crippen LogP contribution is 2.14. The zero-order valence-corrected chi connectivity index (χ0v) is 7.87. The molecule has 1 rings (SSSR count). The second kappa shape index (κ2) is 3.18. The lowest BCUT2D eigenvalue weighted by molar-refractivity contribution is 0.686. The molecule has 1 aromatic carbocycles. The minimum absolute atomic E-state index is 0.851. The van der Waals surface area contributed by atoms with E-state index in [0.29, 0.717) is 0 Å². The van der Waals surface area contributed by atoms with Crippen LogP contribution >= 0.6 is 0 Å². The molecule has 2 heteroatoms. The summed E-state index contributed by atoms with van der Waals surface area (Å²) in [6, 6.07) is 5.89. The molecule has 0 amide bonds. The van der Waals surface area contributed by atoms with E-state index in [1.807, 2.05) is 32.0 Å². The van der Waals surface area contributed by atoms with Crippen molar-refractivity contribution in [2.24, 2.45) is 0 Å². The molecule has 0 aliphatic heterocycles. The molecule has 0 radical (unpaired) electrons. The van der Waals surface area contributed by atoms with Gasteiger partial charge in [-0.1, -0.05) is 12.1 Å². The van der Waals surface area contributed by atoms with Gasteiger partial charge in [0.15, 0.2) is 0 Å². The van der Waals surface area contributed by atoms with Gasteiger partial charge in [-0.05, 0) is 31.0 Å². The van der Waals surface area contributed by atoms with E-state index in [4.69, 9.17) is 0 Å². The second-order valence-electron chi connectivity index (χ2n) is 2.65. The lowest BCUT2D eigenvalue weighted by Crippen LogP contribution is -1.93. The van der Waals surface area contributed by atoms with Crippen LogP contribution in [0.1, 0.15) is 11.1 Å². The van der Waals surface area contributed by atoms with Crippen LogP contribution in [0, 0.1) is 13.8 Å². The van der Waals surface area contributed by atoms with Gasteiger partial charge >= 0.3 is 0 Å². The quantitative estimate of drug-likeness (QED) is 0.627. The zero-order chi connectivity index (χ0) is 8.43. The highest BCUT2D eigenvalue weighted by atomic mass is 32.2. The highest BCUT2D eigenvalue weighted by Gasteiger charge is 2.02. The molecule has 0 heterocycles. The van der Waals surface area contributed by atoms with Crippen LogP contribution in [0.3, 0.4) is 0 Å². The Hall–Kier alpha value is -0.630. The standard InChI is InChI=1S/C9H12OS/c1-7-5-4-6-9(8(7)2)11(3)10/h4-6H,1-3H3/t11-/m0/s1. The Morgan fingerprint density at radius 2 is 1.91 bits per heavy atom. The molecule has 0 unspecified atom stereocenters. The smallest absolute Gasteiger partial charge is 0.0500 e. The van der Waals surface area contributed by atoms with E-state index in [-0.39, 0.29) is 0 Å². The summed E-state index contributed by atoms with van der Waals surface area (Å²) in [6.45, 7) is 4.04. The first-order valence-electron chi connectivity index (χ1n) is 3.52. The first-order chi connectivity index (χ1) is 5.13. The Morgan fingerprint density at radius 1 is 1.27 bits per heavy atom. The maximum Gasteiger partial charge on any atom is 0.0500 e. The van der Waals surface area contributed by atoms with E-state index in [1.165, 1.54) is 5.56 Å². The highest BCUT2D eigenvalue weighted by molar-refractivity contribution is 7.84. The van der Waals surface area contributed by atoms with E-state index < -0.39 is 10.8 Å². The molecule has 0 saturated carbocycles. The molecule has 1 aromatic rings. The lowest BCUT2D eigenvalue weighted by Gasteiger charge is -2.03. The number of hydrogen-bond acceptors (Lipinski definition) is 1. The van der Waals surface area contributed by atoms with Crippen molar-refractivity contribution in [3.05, 3.63) is 29.3 Å². The number of rotatable bonds is 1. The maximum absolute atomic E-state index is 11.1. The molecule has 0 aromatic heterocycles. The summed E-state index contributed by atoms with van der Waals surface area (Å²) in [7, 11) is -0.851. The van der Waals surface area contributed by atoms with Gasteiger partial charge in [0, 0.05) is 11.2 Å². The van der Waals surface area contributed by atoms with Crippen LogP contribution in [-0.2, 0) is 10.8 Å². The molecule has 0 aliphatic rings. The topological polar surface area (TPSA) is 17.1 Å². The first-order valence-corrected chi connectivity index (χ1v) is 5.08. The van der Waals surface area contributed by atoms with Crippen LogP contribution in [0.15, 0.2) is 23.1 Å². The third kappa shape index (κ3) is 1.69. The van der Waals surface area contributed by atoms with Gasteiger partial charge in [-0.15, -0.1) is 0 Å². The summed E-state index contributed by atoms with van der Waals surface area (Å²) in [6.07, 6.45) is 1.71. The monoisotopic (exact) mass is 168 g/mol. The van der Waals surface area contributed by atoms with Crippen LogP contribution in [-0.4, -0.2) is 10.5 Å². The van der Waals surface area contributed by atoms with Gasteiger partial charge in [0.05, 0.1) is 10.8 Å². The molecule has 0 N–H and O–H groups in total. The number of hydrogen-bond donors (Lipinski definition) is 0. The normalized spacial score (nSPS) is 13.0. The van der Waals surface area contributed by atoms with Gasteiger partial charge in [0.1, 0.15) is 0 Å². The molecule has 1 nitrogen and oxygen atoms in total. The SMILES string of the molecule is Cc1cccc([S@](C)=O)c1C. The van der Waals surface area contributed by atoms with Gasteiger partial charge in [0.25, 0.3) is 0 Å². The molecule has 0 bridgehead atoms. The summed E-state index contributed by atoms with van der Waals surface area (Å²) >= 11 is 0. The molecule has 0 fully saturated rings. The van der Waals surface area contributed by atoms with Crippen LogP contribution in [0.4, 0.5) is 0 Å². The average molecular weight is 168 g/mol. The molecule has 11 heavy (non-hydrogen) atoms.